The second-order valence-corrected chi connectivity index (χ2v) is 7.40. The van der Waals surface area contributed by atoms with Crippen LogP contribution >= 0.6 is 0 Å². The highest BCUT2D eigenvalue weighted by molar-refractivity contribution is 5.42. The largest absolute Gasteiger partial charge is 0.356 e. The molecule has 2 saturated heterocycles. The molecule has 1 aliphatic carbocycles. The molecule has 2 aliphatic heterocycles. The van der Waals surface area contributed by atoms with E-state index in [1.807, 2.05) is 12.3 Å². The van der Waals surface area contributed by atoms with Gasteiger partial charge < -0.3 is 4.90 Å². The van der Waals surface area contributed by atoms with Gasteiger partial charge in [0, 0.05) is 56.6 Å². The van der Waals surface area contributed by atoms with Gasteiger partial charge in [-0.05, 0) is 30.7 Å². The Morgan fingerprint density at radius 3 is 2.50 bits per heavy atom. The van der Waals surface area contributed by atoms with Crippen LogP contribution in [0, 0.1) is 11.8 Å². The number of hydrogen-bond acceptors (Lipinski definition) is 6. The first-order valence-corrected chi connectivity index (χ1v) is 8.89. The van der Waals surface area contributed by atoms with Crippen LogP contribution in [0.1, 0.15) is 30.1 Å². The lowest BCUT2D eigenvalue weighted by molar-refractivity contribution is 0.305. The van der Waals surface area contributed by atoms with Gasteiger partial charge in [-0.2, -0.15) is 0 Å². The molecule has 0 spiro atoms. The molecule has 0 N–H and O–H groups in total. The summed E-state index contributed by atoms with van der Waals surface area (Å²) in [5, 5.41) is 0. The molecule has 2 aromatic rings. The zero-order chi connectivity index (χ0) is 15.9. The number of fused-ring (bicyclic) bond motifs is 1. The molecular formula is C18H22N6. The third-order valence-corrected chi connectivity index (χ3v) is 5.58. The van der Waals surface area contributed by atoms with Gasteiger partial charge >= 0.3 is 0 Å². The molecule has 2 atom stereocenters. The lowest BCUT2D eigenvalue weighted by Gasteiger charge is -2.22. The summed E-state index contributed by atoms with van der Waals surface area (Å²) in [6, 6.07) is 4.23. The zero-order valence-electron chi connectivity index (χ0n) is 13.8. The Morgan fingerprint density at radius 1 is 0.958 bits per heavy atom. The third-order valence-electron chi connectivity index (χ3n) is 5.58. The van der Waals surface area contributed by atoms with Crippen molar-refractivity contribution in [2.24, 2.45) is 11.8 Å². The van der Waals surface area contributed by atoms with E-state index in [1.54, 1.807) is 12.7 Å². The molecule has 124 valence electrons. The smallest absolute Gasteiger partial charge is 0.132 e. The minimum atomic E-state index is 0.692. The first-order chi connectivity index (χ1) is 11.8. The topological polar surface area (TPSA) is 58.0 Å². The van der Waals surface area contributed by atoms with Crippen molar-refractivity contribution >= 4 is 5.82 Å². The van der Waals surface area contributed by atoms with E-state index < -0.39 is 0 Å². The summed E-state index contributed by atoms with van der Waals surface area (Å²) in [6.45, 7) is 5.49. The van der Waals surface area contributed by atoms with Crippen LogP contribution in [-0.2, 0) is 6.54 Å². The average molecular weight is 322 g/mol. The second-order valence-electron chi connectivity index (χ2n) is 7.40. The fourth-order valence-corrected chi connectivity index (χ4v) is 4.18. The maximum Gasteiger partial charge on any atom is 0.132 e. The Balaban J connectivity index is 1.23. The van der Waals surface area contributed by atoms with Crippen molar-refractivity contribution in [1.82, 2.24) is 24.8 Å². The maximum absolute atomic E-state index is 4.53. The van der Waals surface area contributed by atoms with E-state index in [1.165, 1.54) is 18.5 Å². The molecule has 6 heteroatoms. The van der Waals surface area contributed by atoms with Gasteiger partial charge in [-0.1, -0.05) is 0 Å². The first-order valence-electron chi connectivity index (χ1n) is 8.89. The van der Waals surface area contributed by atoms with Crippen molar-refractivity contribution in [3.05, 3.63) is 42.4 Å². The molecule has 2 unspecified atom stereocenters. The number of hydrogen-bond donors (Lipinski definition) is 0. The van der Waals surface area contributed by atoms with Gasteiger partial charge in [-0.15, -0.1) is 0 Å². The van der Waals surface area contributed by atoms with Crippen LogP contribution < -0.4 is 4.90 Å². The predicted molar refractivity (Wildman–Crippen MR) is 90.5 cm³/mol. The number of aromatic nitrogens is 4. The minimum absolute atomic E-state index is 0.692. The molecule has 3 aliphatic rings. The monoisotopic (exact) mass is 322 g/mol. The standard InChI is InChI=1S/C18H22N6/c1-2-13(1)17-5-18(22-12-21-17)24-8-14-6-23(7-15(14)9-24)10-16-3-4-19-11-20-16/h3-5,11-15H,1-2,6-10H2. The Kier molecular flexibility index (Phi) is 3.43. The van der Waals surface area contributed by atoms with Gasteiger partial charge in [0.25, 0.3) is 0 Å². The lowest BCUT2D eigenvalue weighted by atomic mass is 10.0. The number of rotatable bonds is 4. The zero-order valence-corrected chi connectivity index (χ0v) is 13.8. The highest BCUT2D eigenvalue weighted by Crippen LogP contribution is 2.40. The molecule has 6 nitrogen and oxygen atoms in total. The molecule has 4 heterocycles. The van der Waals surface area contributed by atoms with E-state index in [4.69, 9.17) is 0 Å². The summed E-state index contributed by atoms with van der Waals surface area (Å²) in [7, 11) is 0. The van der Waals surface area contributed by atoms with Gasteiger partial charge in [0.05, 0.1) is 5.69 Å². The summed E-state index contributed by atoms with van der Waals surface area (Å²) < 4.78 is 0. The van der Waals surface area contributed by atoms with Crippen LogP contribution in [0.4, 0.5) is 5.82 Å². The highest BCUT2D eigenvalue weighted by atomic mass is 15.3. The van der Waals surface area contributed by atoms with Gasteiger partial charge in [0.1, 0.15) is 18.5 Å². The van der Waals surface area contributed by atoms with Crippen molar-refractivity contribution < 1.29 is 0 Å². The molecule has 3 fully saturated rings. The molecule has 5 rings (SSSR count). The van der Waals surface area contributed by atoms with Crippen molar-refractivity contribution in [3.63, 3.8) is 0 Å². The van der Waals surface area contributed by atoms with E-state index in [0.29, 0.717) is 5.92 Å². The Hall–Kier alpha value is -2.08. The van der Waals surface area contributed by atoms with Crippen LogP contribution in [-0.4, -0.2) is 51.0 Å². The van der Waals surface area contributed by atoms with Crippen LogP contribution in [0.5, 0.6) is 0 Å². The van der Waals surface area contributed by atoms with E-state index >= 15 is 0 Å². The minimum Gasteiger partial charge on any atom is -0.356 e. The summed E-state index contributed by atoms with van der Waals surface area (Å²) in [5.41, 5.74) is 2.36. The fourth-order valence-electron chi connectivity index (χ4n) is 4.18. The van der Waals surface area contributed by atoms with Crippen molar-refractivity contribution in [1.29, 1.82) is 0 Å². The van der Waals surface area contributed by atoms with Gasteiger partial charge in [0.2, 0.25) is 0 Å². The summed E-state index contributed by atoms with van der Waals surface area (Å²) in [5.74, 6) is 3.30. The van der Waals surface area contributed by atoms with Crippen LogP contribution in [0.3, 0.4) is 0 Å². The molecule has 0 amide bonds. The molecule has 1 saturated carbocycles. The Morgan fingerprint density at radius 2 is 1.79 bits per heavy atom. The highest BCUT2D eigenvalue weighted by Gasteiger charge is 2.40. The quantitative estimate of drug-likeness (QED) is 0.854. The number of anilines is 1. The van der Waals surface area contributed by atoms with Crippen molar-refractivity contribution in [2.75, 3.05) is 31.1 Å². The maximum atomic E-state index is 4.53. The average Bonchev–Trinajstić information content (AvgIpc) is 3.29. The predicted octanol–water partition coefficient (Wildman–Crippen LogP) is 1.71. The van der Waals surface area contributed by atoms with E-state index in [0.717, 1.165) is 56.1 Å². The molecular weight excluding hydrogens is 300 g/mol. The Labute approximate surface area is 142 Å². The normalized spacial score (nSPS) is 26.8. The van der Waals surface area contributed by atoms with Crippen LogP contribution in [0.2, 0.25) is 0 Å². The van der Waals surface area contributed by atoms with Crippen molar-refractivity contribution in [2.45, 2.75) is 25.3 Å². The van der Waals surface area contributed by atoms with Crippen LogP contribution in [0.25, 0.3) is 0 Å². The van der Waals surface area contributed by atoms with Crippen LogP contribution in [0.15, 0.2) is 31.0 Å². The van der Waals surface area contributed by atoms with E-state index in [-0.39, 0.29) is 0 Å². The third kappa shape index (κ3) is 2.75. The molecule has 0 bridgehead atoms. The molecule has 0 radical (unpaired) electrons. The van der Waals surface area contributed by atoms with Gasteiger partial charge in [-0.3, -0.25) is 4.90 Å². The van der Waals surface area contributed by atoms with Crippen molar-refractivity contribution in [3.8, 4) is 0 Å². The summed E-state index contributed by atoms with van der Waals surface area (Å²) in [4.78, 5) is 22.3. The van der Waals surface area contributed by atoms with Gasteiger partial charge in [-0.25, -0.2) is 19.9 Å². The SMILES string of the molecule is c1cc(CN2CC3CN(c4cc(C5CC5)ncn4)CC3C2)ncn1. The number of likely N-dealkylation sites (tertiary alicyclic amines) is 1. The lowest BCUT2D eigenvalue weighted by Crippen LogP contribution is -2.29. The second kappa shape index (κ2) is 5.77. The molecule has 2 aromatic heterocycles. The summed E-state index contributed by atoms with van der Waals surface area (Å²) >= 11 is 0. The number of nitrogens with zero attached hydrogens (tertiary/aromatic N) is 6. The fraction of sp³-hybridized carbons (Fsp3) is 0.556. The molecule has 24 heavy (non-hydrogen) atoms. The first kappa shape index (κ1) is 14.3. The Bertz CT molecular complexity index is 702. The van der Waals surface area contributed by atoms with Gasteiger partial charge in [0.15, 0.2) is 0 Å². The van der Waals surface area contributed by atoms with E-state index in [2.05, 4.69) is 35.8 Å². The molecule has 0 aromatic carbocycles. The van der Waals surface area contributed by atoms with E-state index in [9.17, 15) is 0 Å². The summed E-state index contributed by atoms with van der Waals surface area (Å²) in [6.07, 6.45) is 7.80.